The molecule has 5 heteroatoms. The number of piperidine rings is 1. The van der Waals surface area contributed by atoms with E-state index in [9.17, 15) is 0 Å². The van der Waals surface area contributed by atoms with Crippen LogP contribution in [0.25, 0.3) is 0 Å². The fraction of sp³-hybridized carbons (Fsp3) is 0.600. The maximum Gasteiger partial charge on any atom is 0.147 e. The zero-order valence-electron chi connectivity index (χ0n) is 8.69. The van der Waals surface area contributed by atoms with Crippen LogP contribution in [0.5, 0.6) is 0 Å². The summed E-state index contributed by atoms with van der Waals surface area (Å²) in [6.45, 7) is 2.20. The Morgan fingerprint density at radius 2 is 2.07 bits per heavy atom. The van der Waals surface area contributed by atoms with Crippen molar-refractivity contribution in [1.29, 1.82) is 0 Å². The number of aromatic nitrogens is 2. The molecule has 0 aromatic carbocycles. The highest BCUT2D eigenvalue weighted by molar-refractivity contribution is 9.10. The Hall–Kier alpha value is -0.290. The summed E-state index contributed by atoms with van der Waals surface area (Å²) in [6.07, 6.45) is 8.29. The van der Waals surface area contributed by atoms with E-state index in [1.54, 1.807) is 6.20 Å². The van der Waals surface area contributed by atoms with E-state index in [4.69, 9.17) is 0 Å². The average molecular weight is 288 g/mol. The maximum absolute atomic E-state index is 4.36. The largest absolute Gasteiger partial charge is 0.355 e. The zero-order chi connectivity index (χ0) is 10.7. The molecule has 1 fully saturated rings. The first kappa shape index (κ1) is 11.2. The van der Waals surface area contributed by atoms with Gasteiger partial charge in [-0.25, -0.2) is 9.97 Å². The standard InChI is InChI=1S/C10H14BrN3S/c1-15-8-2-4-14(5-3-8)10-7-12-9(11)6-13-10/h6-8H,2-5H2,1H3. The topological polar surface area (TPSA) is 29.0 Å². The van der Waals surface area contributed by atoms with Gasteiger partial charge < -0.3 is 4.90 Å². The van der Waals surface area contributed by atoms with Gasteiger partial charge in [0.1, 0.15) is 10.4 Å². The molecule has 0 N–H and O–H groups in total. The van der Waals surface area contributed by atoms with Gasteiger partial charge in [-0.1, -0.05) is 0 Å². The van der Waals surface area contributed by atoms with Gasteiger partial charge >= 0.3 is 0 Å². The highest BCUT2D eigenvalue weighted by Crippen LogP contribution is 2.23. The Bertz CT molecular complexity index is 309. The monoisotopic (exact) mass is 287 g/mol. The van der Waals surface area contributed by atoms with Crippen LogP contribution in [0.3, 0.4) is 0 Å². The lowest BCUT2D eigenvalue weighted by Crippen LogP contribution is -2.35. The molecule has 0 aliphatic carbocycles. The number of hydrogen-bond acceptors (Lipinski definition) is 4. The van der Waals surface area contributed by atoms with Crippen molar-refractivity contribution in [3.63, 3.8) is 0 Å². The summed E-state index contributed by atoms with van der Waals surface area (Å²) >= 11 is 5.27. The summed E-state index contributed by atoms with van der Waals surface area (Å²) in [5.41, 5.74) is 0. The first-order valence-electron chi connectivity index (χ1n) is 5.05. The van der Waals surface area contributed by atoms with Crippen LogP contribution >= 0.6 is 27.7 Å². The van der Waals surface area contributed by atoms with Gasteiger partial charge in [-0.2, -0.15) is 11.8 Å². The number of anilines is 1. The molecule has 2 rings (SSSR count). The van der Waals surface area contributed by atoms with Crippen molar-refractivity contribution in [2.24, 2.45) is 0 Å². The Kier molecular flexibility index (Phi) is 3.86. The molecule has 82 valence electrons. The Morgan fingerprint density at radius 1 is 1.33 bits per heavy atom. The SMILES string of the molecule is CSC1CCN(c2cnc(Br)cn2)CC1. The van der Waals surface area contributed by atoms with Crippen LogP contribution in [0, 0.1) is 0 Å². The van der Waals surface area contributed by atoms with Crippen molar-refractivity contribution in [2.45, 2.75) is 18.1 Å². The number of hydrogen-bond donors (Lipinski definition) is 0. The fourth-order valence-electron chi connectivity index (χ4n) is 1.79. The second-order valence-corrected chi connectivity index (χ2v) is 5.57. The summed E-state index contributed by atoms with van der Waals surface area (Å²) in [7, 11) is 0. The van der Waals surface area contributed by atoms with E-state index in [0.29, 0.717) is 0 Å². The van der Waals surface area contributed by atoms with Crippen LogP contribution in [0.1, 0.15) is 12.8 Å². The van der Waals surface area contributed by atoms with E-state index >= 15 is 0 Å². The molecule has 2 heterocycles. The minimum absolute atomic E-state index is 0.797. The highest BCUT2D eigenvalue weighted by atomic mass is 79.9. The third-order valence-corrected chi connectivity index (χ3v) is 4.25. The van der Waals surface area contributed by atoms with Crippen molar-refractivity contribution < 1.29 is 0 Å². The number of halogens is 1. The normalized spacial score (nSPS) is 18.1. The molecule has 0 radical (unpaired) electrons. The molecule has 1 aliphatic heterocycles. The predicted octanol–water partition coefficient (Wildman–Crippen LogP) is 2.57. The van der Waals surface area contributed by atoms with Gasteiger partial charge in [0.05, 0.1) is 12.4 Å². The minimum atomic E-state index is 0.797. The second kappa shape index (κ2) is 5.16. The second-order valence-electron chi connectivity index (χ2n) is 3.62. The van der Waals surface area contributed by atoms with E-state index in [1.807, 2.05) is 18.0 Å². The highest BCUT2D eigenvalue weighted by Gasteiger charge is 2.19. The van der Waals surface area contributed by atoms with Gasteiger partial charge in [0.2, 0.25) is 0 Å². The van der Waals surface area contributed by atoms with Crippen LogP contribution in [-0.2, 0) is 0 Å². The molecule has 1 aromatic rings. The summed E-state index contributed by atoms with van der Waals surface area (Å²) in [5.74, 6) is 0.998. The van der Waals surface area contributed by atoms with Gasteiger partial charge in [-0.3, -0.25) is 0 Å². The van der Waals surface area contributed by atoms with Crippen LogP contribution in [0.15, 0.2) is 17.0 Å². The van der Waals surface area contributed by atoms with E-state index in [0.717, 1.165) is 28.8 Å². The smallest absolute Gasteiger partial charge is 0.147 e. The maximum atomic E-state index is 4.36. The van der Waals surface area contributed by atoms with E-state index in [1.165, 1.54) is 12.8 Å². The lowest BCUT2D eigenvalue weighted by molar-refractivity contribution is 0.586. The van der Waals surface area contributed by atoms with E-state index < -0.39 is 0 Å². The van der Waals surface area contributed by atoms with Crippen LogP contribution in [0.2, 0.25) is 0 Å². The summed E-state index contributed by atoms with van der Waals surface area (Å²) < 4.78 is 0.797. The number of rotatable bonds is 2. The summed E-state index contributed by atoms with van der Waals surface area (Å²) in [4.78, 5) is 10.9. The molecule has 0 atom stereocenters. The fourth-order valence-corrected chi connectivity index (χ4v) is 2.68. The number of nitrogens with zero attached hydrogens (tertiary/aromatic N) is 3. The Morgan fingerprint density at radius 3 is 2.60 bits per heavy atom. The Labute approximate surface area is 103 Å². The van der Waals surface area contributed by atoms with Crippen molar-refractivity contribution in [2.75, 3.05) is 24.2 Å². The van der Waals surface area contributed by atoms with Crippen LogP contribution in [0.4, 0.5) is 5.82 Å². The van der Waals surface area contributed by atoms with E-state index in [-0.39, 0.29) is 0 Å². The van der Waals surface area contributed by atoms with E-state index in [2.05, 4.69) is 37.1 Å². The van der Waals surface area contributed by atoms with Gasteiger partial charge in [-0.05, 0) is 35.0 Å². The van der Waals surface area contributed by atoms with Gasteiger partial charge in [0.15, 0.2) is 0 Å². The molecule has 0 bridgehead atoms. The number of thioether (sulfide) groups is 1. The van der Waals surface area contributed by atoms with Gasteiger partial charge in [0.25, 0.3) is 0 Å². The molecular formula is C10H14BrN3S. The molecule has 15 heavy (non-hydrogen) atoms. The molecule has 0 saturated carbocycles. The van der Waals surface area contributed by atoms with Crippen molar-refractivity contribution in [1.82, 2.24) is 9.97 Å². The average Bonchev–Trinajstić information content (AvgIpc) is 2.30. The molecule has 0 amide bonds. The van der Waals surface area contributed by atoms with Crippen molar-refractivity contribution in [3.05, 3.63) is 17.0 Å². The lowest BCUT2D eigenvalue weighted by Gasteiger charge is -2.31. The van der Waals surface area contributed by atoms with Crippen molar-refractivity contribution >= 4 is 33.5 Å². The van der Waals surface area contributed by atoms with Crippen LogP contribution < -0.4 is 4.90 Å². The summed E-state index contributed by atoms with van der Waals surface area (Å²) in [5, 5.41) is 0.824. The molecule has 1 aromatic heterocycles. The third kappa shape index (κ3) is 2.84. The van der Waals surface area contributed by atoms with Gasteiger partial charge in [0, 0.05) is 18.3 Å². The van der Waals surface area contributed by atoms with Crippen molar-refractivity contribution in [3.8, 4) is 0 Å². The zero-order valence-corrected chi connectivity index (χ0v) is 11.1. The first-order valence-corrected chi connectivity index (χ1v) is 7.13. The first-order chi connectivity index (χ1) is 7.29. The molecule has 0 spiro atoms. The van der Waals surface area contributed by atoms with Crippen LogP contribution in [-0.4, -0.2) is 34.6 Å². The minimum Gasteiger partial charge on any atom is -0.355 e. The molecule has 3 nitrogen and oxygen atoms in total. The molecular weight excluding hydrogens is 274 g/mol. The predicted molar refractivity (Wildman–Crippen MR) is 68.5 cm³/mol. The molecule has 0 unspecified atom stereocenters. The third-order valence-electron chi connectivity index (χ3n) is 2.71. The quantitative estimate of drug-likeness (QED) is 0.836. The summed E-state index contributed by atoms with van der Waals surface area (Å²) in [6, 6.07) is 0. The molecule has 1 aliphatic rings. The van der Waals surface area contributed by atoms with Gasteiger partial charge in [-0.15, -0.1) is 0 Å². The lowest BCUT2D eigenvalue weighted by atomic mass is 10.1. The Balaban J connectivity index is 1.98. The molecule has 1 saturated heterocycles.